The molecule has 1 amide bonds. The lowest BCUT2D eigenvalue weighted by Crippen LogP contribution is -2.32. The van der Waals surface area contributed by atoms with Gasteiger partial charge in [0.15, 0.2) is 0 Å². The van der Waals surface area contributed by atoms with Crippen LogP contribution < -0.4 is 9.64 Å². The van der Waals surface area contributed by atoms with E-state index < -0.39 is 42.0 Å². The number of anilines is 1. The van der Waals surface area contributed by atoms with Gasteiger partial charge in [0.1, 0.15) is 17.5 Å². The molecule has 1 saturated heterocycles. The monoisotopic (exact) mass is 469 g/mol. The summed E-state index contributed by atoms with van der Waals surface area (Å²) in [6, 6.07) is 13.8. The molecule has 0 N–H and O–H groups in total. The van der Waals surface area contributed by atoms with Gasteiger partial charge < -0.3 is 4.74 Å². The summed E-state index contributed by atoms with van der Waals surface area (Å²) < 4.78 is 30.9. The summed E-state index contributed by atoms with van der Waals surface area (Å²) in [5.74, 6) is -4.17. The Morgan fingerprint density at radius 3 is 2.30 bits per heavy atom. The lowest BCUT2D eigenvalue weighted by Gasteiger charge is -2.29. The third-order valence-electron chi connectivity index (χ3n) is 5.64. The van der Waals surface area contributed by atoms with Gasteiger partial charge in [-0.3, -0.25) is 19.3 Å². The van der Waals surface area contributed by atoms with E-state index in [1.807, 2.05) is 29.0 Å². The number of para-hydroxylation sites is 1. The molecule has 1 aliphatic rings. The minimum Gasteiger partial charge on any atom is -0.434 e. The van der Waals surface area contributed by atoms with Crippen molar-refractivity contribution in [2.45, 2.75) is 26.5 Å². The fraction of sp³-hybridized carbons (Fsp3) is 0.240. The maximum atomic E-state index is 13.1. The molecule has 1 aromatic heterocycles. The zero-order valence-electron chi connectivity index (χ0n) is 17.9. The van der Waals surface area contributed by atoms with E-state index in [-0.39, 0.29) is 11.3 Å². The smallest absolute Gasteiger partial charge is 0.387 e. The lowest BCUT2D eigenvalue weighted by molar-refractivity contribution is -0.139. The lowest BCUT2D eigenvalue weighted by atomic mass is 9.84. The van der Waals surface area contributed by atoms with Crippen LogP contribution in [0.2, 0.25) is 0 Å². The molecule has 3 aromatic rings. The molecule has 2 heterocycles. The first-order chi connectivity index (χ1) is 15.8. The topological polar surface area (TPSA) is 63.7 Å². The SMILES string of the molecule is CC(C)C(=O)C1C(=O)C(=O)N(c2ccc(-c3ccsc3)cc2)C1c1ccccc1OC(F)F. The van der Waals surface area contributed by atoms with Gasteiger partial charge in [-0.2, -0.15) is 20.1 Å². The molecule has 2 atom stereocenters. The van der Waals surface area contributed by atoms with Crippen LogP contribution in [0, 0.1) is 11.8 Å². The van der Waals surface area contributed by atoms with Crippen LogP contribution in [0.25, 0.3) is 11.1 Å². The fourth-order valence-electron chi connectivity index (χ4n) is 4.08. The summed E-state index contributed by atoms with van der Waals surface area (Å²) in [4.78, 5) is 40.4. The van der Waals surface area contributed by atoms with Gasteiger partial charge in [-0.1, -0.05) is 44.2 Å². The third-order valence-corrected chi connectivity index (χ3v) is 6.32. The summed E-state index contributed by atoms with van der Waals surface area (Å²) in [6.07, 6.45) is 0. The normalized spacial score (nSPS) is 18.4. The molecule has 0 aliphatic carbocycles. The minimum absolute atomic E-state index is 0.179. The first-order valence-electron chi connectivity index (χ1n) is 10.4. The Bertz CT molecular complexity index is 1180. The molecular weight excluding hydrogens is 448 g/mol. The molecule has 8 heteroatoms. The van der Waals surface area contributed by atoms with Crippen molar-refractivity contribution in [2.75, 3.05) is 4.90 Å². The number of halogens is 2. The Morgan fingerprint density at radius 2 is 1.70 bits per heavy atom. The Balaban J connectivity index is 1.83. The Morgan fingerprint density at radius 1 is 1.00 bits per heavy atom. The summed E-state index contributed by atoms with van der Waals surface area (Å²) in [6.45, 7) is 0.171. The number of hydrogen-bond acceptors (Lipinski definition) is 5. The van der Waals surface area contributed by atoms with Crippen LogP contribution in [0.4, 0.5) is 14.5 Å². The second-order valence-electron chi connectivity index (χ2n) is 7.99. The third kappa shape index (κ3) is 4.30. The molecule has 33 heavy (non-hydrogen) atoms. The first-order valence-corrected chi connectivity index (χ1v) is 11.3. The number of thiophene rings is 1. The van der Waals surface area contributed by atoms with Gasteiger partial charge in [0.2, 0.25) is 5.78 Å². The fourth-order valence-corrected chi connectivity index (χ4v) is 4.75. The van der Waals surface area contributed by atoms with Gasteiger partial charge in [-0.05, 0) is 46.2 Å². The summed E-state index contributed by atoms with van der Waals surface area (Å²) in [5, 5.41) is 3.93. The number of Topliss-reactive ketones (excluding diaryl/α,β-unsaturated/α-hetero) is 2. The van der Waals surface area contributed by atoms with Gasteiger partial charge in [0, 0.05) is 17.2 Å². The van der Waals surface area contributed by atoms with Crippen molar-refractivity contribution in [3.63, 3.8) is 0 Å². The summed E-state index contributed by atoms with van der Waals surface area (Å²) >= 11 is 1.55. The van der Waals surface area contributed by atoms with Crippen LogP contribution in [-0.2, 0) is 14.4 Å². The van der Waals surface area contributed by atoms with E-state index in [2.05, 4.69) is 4.74 Å². The van der Waals surface area contributed by atoms with Crippen LogP contribution in [-0.4, -0.2) is 24.1 Å². The Kier molecular flexibility index (Phi) is 6.37. The van der Waals surface area contributed by atoms with Crippen molar-refractivity contribution in [2.24, 2.45) is 11.8 Å². The van der Waals surface area contributed by atoms with Gasteiger partial charge in [0.25, 0.3) is 5.91 Å². The quantitative estimate of drug-likeness (QED) is 0.338. The second kappa shape index (κ2) is 9.23. The molecule has 0 saturated carbocycles. The van der Waals surface area contributed by atoms with E-state index in [1.54, 1.807) is 43.4 Å². The van der Waals surface area contributed by atoms with Gasteiger partial charge in [-0.15, -0.1) is 0 Å². The highest BCUT2D eigenvalue weighted by molar-refractivity contribution is 7.08. The molecule has 0 spiro atoms. The standard InChI is InChI=1S/C25H21F2NO4S/c1-14(2)22(29)20-21(18-5-3-4-6-19(18)32-25(26)27)28(24(31)23(20)30)17-9-7-15(8-10-17)16-11-12-33-13-16/h3-14,20-21,25H,1-2H3. The van der Waals surface area contributed by atoms with Gasteiger partial charge in [-0.25, -0.2) is 0 Å². The molecule has 4 rings (SSSR count). The molecule has 2 unspecified atom stereocenters. The minimum atomic E-state index is -3.10. The van der Waals surface area contributed by atoms with E-state index in [0.717, 1.165) is 11.1 Å². The number of nitrogens with zero attached hydrogens (tertiary/aromatic N) is 1. The molecule has 2 aromatic carbocycles. The number of benzene rings is 2. The maximum Gasteiger partial charge on any atom is 0.387 e. The highest BCUT2D eigenvalue weighted by Crippen LogP contribution is 2.44. The number of rotatable bonds is 7. The second-order valence-corrected chi connectivity index (χ2v) is 8.77. The predicted octanol–water partition coefficient (Wildman–Crippen LogP) is 5.51. The van der Waals surface area contributed by atoms with Crippen LogP contribution in [0.3, 0.4) is 0 Å². The highest BCUT2D eigenvalue weighted by Gasteiger charge is 2.53. The van der Waals surface area contributed by atoms with E-state index in [4.69, 9.17) is 0 Å². The van der Waals surface area contributed by atoms with Crippen LogP contribution in [0.5, 0.6) is 5.75 Å². The van der Waals surface area contributed by atoms with Gasteiger partial charge in [0.05, 0.1) is 6.04 Å². The molecule has 1 aliphatic heterocycles. The number of ether oxygens (including phenoxy) is 1. The molecule has 0 bridgehead atoms. The van der Waals surface area contributed by atoms with Crippen LogP contribution in [0.15, 0.2) is 65.4 Å². The van der Waals surface area contributed by atoms with Crippen molar-refractivity contribution in [1.82, 2.24) is 0 Å². The van der Waals surface area contributed by atoms with E-state index >= 15 is 0 Å². The predicted molar refractivity (Wildman–Crippen MR) is 121 cm³/mol. The molecule has 1 fully saturated rings. The summed E-state index contributed by atoms with van der Waals surface area (Å²) in [7, 11) is 0. The van der Waals surface area contributed by atoms with Crippen molar-refractivity contribution in [3.8, 4) is 16.9 Å². The molecule has 5 nitrogen and oxygen atoms in total. The number of amides is 1. The molecular formula is C25H21F2NO4S. The number of carbonyl (C=O) groups is 3. The van der Waals surface area contributed by atoms with E-state index in [9.17, 15) is 23.2 Å². The molecule has 0 radical (unpaired) electrons. The zero-order valence-corrected chi connectivity index (χ0v) is 18.7. The van der Waals surface area contributed by atoms with Crippen molar-refractivity contribution >= 4 is 34.5 Å². The van der Waals surface area contributed by atoms with Gasteiger partial charge >= 0.3 is 6.61 Å². The summed E-state index contributed by atoms with van der Waals surface area (Å²) in [5.41, 5.74) is 2.50. The average molecular weight is 470 g/mol. The first kappa shape index (κ1) is 22.8. The highest BCUT2D eigenvalue weighted by atomic mass is 32.1. The Hall–Kier alpha value is -3.39. The number of hydrogen-bond donors (Lipinski definition) is 0. The van der Waals surface area contributed by atoms with Crippen molar-refractivity contribution < 1.29 is 27.9 Å². The largest absolute Gasteiger partial charge is 0.434 e. The average Bonchev–Trinajstić information content (AvgIpc) is 3.41. The Labute approximate surface area is 193 Å². The zero-order chi connectivity index (χ0) is 23.7. The number of alkyl halides is 2. The van der Waals surface area contributed by atoms with Crippen molar-refractivity contribution in [3.05, 3.63) is 70.9 Å². The van der Waals surface area contributed by atoms with Crippen molar-refractivity contribution in [1.29, 1.82) is 0 Å². The van der Waals surface area contributed by atoms with Crippen LogP contribution >= 0.6 is 11.3 Å². The van der Waals surface area contributed by atoms with Crippen LogP contribution in [0.1, 0.15) is 25.5 Å². The van der Waals surface area contributed by atoms with E-state index in [0.29, 0.717) is 5.69 Å². The number of carbonyl (C=O) groups excluding carboxylic acids is 3. The number of ketones is 2. The maximum absolute atomic E-state index is 13.1. The van der Waals surface area contributed by atoms with E-state index in [1.165, 1.54) is 23.1 Å². The molecule has 170 valence electrons.